The molecule has 0 radical (unpaired) electrons. The van der Waals surface area contributed by atoms with E-state index in [-0.39, 0.29) is 9.89 Å². The predicted octanol–water partition coefficient (Wildman–Crippen LogP) is 3.65. The highest BCUT2D eigenvalue weighted by molar-refractivity contribution is 9.10. The van der Waals surface area contributed by atoms with Crippen LogP contribution in [-0.2, 0) is 0 Å². The molecule has 0 aromatic heterocycles. The van der Waals surface area contributed by atoms with E-state index in [4.69, 9.17) is 0 Å². The average molecular weight is 318 g/mol. The molecule has 0 bridgehead atoms. The van der Waals surface area contributed by atoms with Crippen molar-refractivity contribution in [2.75, 3.05) is 6.54 Å². The van der Waals surface area contributed by atoms with Gasteiger partial charge in [0.15, 0.2) is 0 Å². The van der Waals surface area contributed by atoms with Crippen molar-refractivity contribution in [3.05, 3.63) is 33.8 Å². The fraction of sp³-hybridized carbons (Fsp3) is 0.462. The Hall–Kier alpha value is -0.970. The van der Waals surface area contributed by atoms with E-state index in [0.717, 1.165) is 31.4 Å². The van der Waals surface area contributed by atoms with E-state index in [1.165, 1.54) is 0 Å². The Morgan fingerprint density at radius 1 is 1.39 bits per heavy atom. The van der Waals surface area contributed by atoms with Gasteiger partial charge in [-0.15, -0.1) is 0 Å². The van der Waals surface area contributed by atoms with E-state index in [1.54, 1.807) is 0 Å². The van der Waals surface area contributed by atoms with Gasteiger partial charge in [-0.25, -0.2) is 8.78 Å². The van der Waals surface area contributed by atoms with Crippen LogP contribution in [0.3, 0.4) is 0 Å². The smallest absolute Gasteiger partial charge is 0.257 e. The minimum atomic E-state index is -0.849. The Morgan fingerprint density at radius 2 is 1.94 bits per heavy atom. The summed E-state index contributed by atoms with van der Waals surface area (Å²) in [5.41, 5.74) is -0.432. The zero-order chi connectivity index (χ0) is 13.3. The van der Waals surface area contributed by atoms with E-state index in [9.17, 15) is 13.6 Å². The first-order valence-corrected chi connectivity index (χ1v) is 6.63. The number of nitrogens with one attached hydrogen (secondary N) is 1. The number of carbonyl (C=O) groups is 1. The SMILES string of the molecule is CC1(CNC(=O)c2c(F)cc(Br)cc2F)CCC1. The highest BCUT2D eigenvalue weighted by Gasteiger charge is 2.32. The van der Waals surface area contributed by atoms with Crippen molar-refractivity contribution in [1.82, 2.24) is 5.32 Å². The van der Waals surface area contributed by atoms with Crippen LogP contribution in [0.15, 0.2) is 16.6 Å². The lowest BCUT2D eigenvalue weighted by Crippen LogP contribution is -2.40. The minimum absolute atomic E-state index is 0.0813. The normalized spacial score (nSPS) is 17.1. The molecule has 0 saturated heterocycles. The zero-order valence-electron chi connectivity index (χ0n) is 10.0. The van der Waals surface area contributed by atoms with Gasteiger partial charge in [0.05, 0.1) is 0 Å². The van der Waals surface area contributed by atoms with Crippen molar-refractivity contribution in [1.29, 1.82) is 0 Å². The summed E-state index contributed by atoms with van der Waals surface area (Å²) in [5, 5.41) is 2.61. The number of halogens is 3. The van der Waals surface area contributed by atoms with Gasteiger partial charge in [0.1, 0.15) is 17.2 Å². The molecule has 1 aliphatic rings. The van der Waals surface area contributed by atoms with Crippen LogP contribution in [0.1, 0.15) is 36.5 Å². The Kier molecular flexibility index (Phi) is 3.71. The standard InChI is InChI=1S/C13H14BrF2NO/c1-13(3-2-4-13)7-17-12(18)11-9(15)5-8(14)6-10(11)16/h5-6H,2-4,7H2,1H3,(H,17,18). The number of hydrogen-bond donors (Lipinski definition) is 1. The molecule has 0 atom stereocenters. The van der Waals surface area contributed by atoms with Gasteiger partial charge in [0.25, 0.3) is 5.91 Å². The van der Waals surface area contributed by atoms with Crippen molar-refractivity contribution in [2.45, 2.75) is 26.2 Å². The van der Waals surface area contributed by atoms with Gasteiger partial charge in [-0.1, -0.05) is 29.3 Å². The summed E-state index contributed by atoms with van der Waals surface area (Å²) in [7, 11) is 0. The Morgan fingerprint density at radius 3 is 2.39 bits per heavy atom. The summed E-state index contributed by atoms with van der Waals surface area (Å²) in [4.78, 5) is 11.8. The quantitative estimate of drug-likeness (QED) is 0.906. The monoisotopic (exact) mass is 317 g/mol. The molecule has 1 amide bonds. The number of hydrogen-bond acceptors (Lipinski definition) is 1. The van der Waals surface area contributed by atoms with Crippen LogP contribution in [0.25, 0.3) is 0 Å². The van der Waals surface area contributed by atoms with Crippen molar-refractivity contribution < 1.29 is 13.6 Å². The molecule has 1 aromatic carbocycles. The van der Waals surface area contributed by atoms with Crippen molar-refractivity contribution in [2.24, 2.45) is 5.41 Å². The van der Waals surface area contributed by atoms with Gasteiger partial charge in [-0.3, -0.25) is 4.79 Å². The summed E-state index contributed by atoms with van der Waals surface area (Å²) < 4.78 is 27.4. The third-order valence-electron chi connectivity index (χ3n) is 3.47. The molecule has 0 heterocycles. The molecule has 1 fully saturated rings. The lowest BCUT2D eigenvalue weighted by Gasteiger charge is -2.38. The van der Waals surface area contributed by atoms with Crippen molar-refractivity contribution >= 4 is 21.8 Å². The first kappa shape index (κ1) is 13.5. The van der Waals surface area contributed by atoms with E-state index < -0.39 is 23.1 Å². The van der Waals surface area contributed by atoms with Crippen molar-refractivity contribution in [3.8, 4) is 0 Å². The largest absolute Gasteiger partial charge is 0.351 e. The van der Waals surface area contributed by atoms with Gasteiger partial charge in [0.2, 0.25) is 0 Å². The maximum atomic E-state index is 13.5. The number of carbonyl (C=O) groups excluding carboxylic acids is 1. The third-order valence-corrected chi connectivity index (χ3v) is 3.93. The number of rotatable bonds is 3. The first-order valence-electron chi connectivity index (χ1n) is 5.84. The number of benzene rings is 1. The molecule has 2 nitrogen and oxygen atoms in total. The van der Waals surface area contributed by atoms with Gasteiger partial charge in [-0.2, -0.15) is 0 Å². The molecule has 1 aromatic rings. The maximum Gasteiger partial charge on any atom is 0.257 e. The second-order valence-corrected chi connectivity index (χ2v) is 6.01. The fourth-order valence-corrected chi connectivity index (χ4v) is 2.50. The summed E-state index contributed by atoms with van der Waals surface area (Å²) in [6.45, 7) is 2.52. The highest BCUT2D eigenvalue weighted by atomic mass is 79.9. The molecule has 0 spiro atoms. The molecule has 5 heteroatoms. The summed E-state index contributed by atoms with van der Waals surface area (Å²) in [6.07, 6.45) is 3.23. The Labute approximate surface area is 113 Å². The summed E-state index contributed by atoms with van der Waals surface area (Å²) in [6, 6.07) is 2.17. The molecule has 2 rings (SSSR count). The molecule has 0 aliphatic heterocycles. The fourth-order valence-electron chi connectivity index (χ4n) is 2.10. The van der Waals surface area contributed by atoms with E-state index in [1.807, 2.05) is 0 Å². The minimum Gasteiger partial charge on any atom is -0.351 e. The molecular formula is C13H14BrF2NO. The lowest BCUT2D eigenvalue weighted by atomic mass is 9.70. The average Bonchev–Trinajstić information content (AvgIpc) is 2.22. The van der Waals surface area contributed by atoms with Crippen LogP contribution >= 0.6 is 15.9 Å². The summed E-state index contributed by atoms with van der Waals surface area (Å²) in [5.74, 6) is -2.39. The van der Waals surface area contributed by atoms with Crippen LogP contribution in [-0.4, -0.2) is 12.5 Å². The maximum absolute atomic E-state index is 13.5. The third kappa shape index (κ3) is 2.71. The van der Waals surface area contributed by atoms with Gasteiger partial charge >= 0.3 is 0 Å². The molecular weight excluding hydrogens is 304 g/mol. The van der Waals surface area contributed by atoms with Crippen LogP contribution in [0.2, 0.25) is 0 Å². The van der Waals surface area contributed by atoms with Crippen LogP contribution < -0.4 is 5.32 Å². The molecule has 98 valence electrons. The number of amides is 1. The topological polar surface area (TPSA) is 29.1 Å². The van der Waals surface area contributed by atoms with E-state index in [0.29, 0.717) is 6.54 Å². The Bertz CT molecular complexity index is 463. The predicted molar refractivity (Wildman–Crippen MR) is 68.3 cm³/mol. The zero-order valence-corrected chi connectivity index (χ0v) is 11.6. The molecule has 1 saturated carbocycles. The van der Waals surface area contributed by atoms with Crippen molar-refractivity contribution in [3.63, 3.8) is 0 Å². The molecule has 18 heavy (non-hydrogen) atoms. The second-order valence-electron chi connectivity index (χ2n) is 5.09. The molecule has 1 aliphatic carbocycles. The van der Waals surface area contributed by atoms with E-state index >= 15 is 0 Å². The first-order chi connectivity index (χ1) is 8.41. The Balaban J connectivity index is 2.09. The van der Waals surface area contributed by atoms with Crippen LogP contribution in [0, 0.1) is 17.0 Å². The van der Waals surface area contributed by atoms with Gasteiger partial charge < -0.3 is 5.32 Å². The highest BCUT2D eigenvalue weighted by Crippen LogP contribution is 2.39. The molecule has 1 N–H and O–H groups in total. The summed E-state index contributed by atoms with van der Waals surface area (Å²) >= 11 is 2.98. The second kappa shape index (κ2) is 4.96. The van der Waals surface area contributed by atoms with Gasteiger partial charge in [0, 0.05) is 11.0 Å². The van der Waals surface area contributed by atoms with E-state index in [2.05, 4.69) is 28.2 Å². The molecule has 0 unspecified atom stereocenters. The lowest BCUT2D eigenvalue weighted by molar-refractivity contribution is 0.0882. The van der Waals surface area contributed by atoms with Gasteiger partial charge in [-0.05, 0) is 30.4 Å². The van der Waals surface area contributed by atoms with Crippen LogP contribution in [0.5, 0.6) is 0 Å². The van der Waals surface area contributed by atoms with Crippen LogP contribution in [0.4, 0.5) is 8.78 Å².